The molecular formula is C13H13ClF2N2. The van der Waals surface area contributed by atoms with E-state index in [4.69, 9.17) is 11.6 Å². The lowest BCUT2D eigenvalue weighted by atomic mass is 9.96. The van der Waals surface area contributed by atoms with Crippen LogP contribution in [0.4, 0.5) is 8.78 Å². The van der Waals surface area contributed by atoms with Crippen LogP contribution in [0.15, 0.2) is 23.5 Å². The molecule has 0 radical (unpaired) electrons. The fraction of sp³-hybridized carbons (Fsp3) is 0.385. The molecule has 0 unspecified atom stereocenters. The standard InChI is InChI=1S/C13H13ClF2N2/c1-7-11-4-8(5-18(11)6-17-7)12-10(15)3-2-9(14)13(12)16/h2-3,8,17H,4-6H2,1H3/t8-/m1/s1. The van der Waals surface area contributed by atoms with Crippen molar-refractivity contribution in [1.29, 1.82) is 0 Å². The Morgan fingerprint density at radius 2 is 2.17 bits per heavy atom. The zero-order valence-electron chi connectivity index (χ0n) is 9.93. The summed E-state index contributed by atoms with van der Waals surface area (Å²) in [5.41, 5.74) is 2.37. The molecule has 0 amide bonds. The fourth-order valence-corrected chi connectivity index (χ4v) is 2.94. The Balaban J connectivity index is 1.99. The molecule has 1 N–H and O–H groups in total. The second kappa shape index (κ2) is 4.12. The molecule has 18 heavy (non-hydrogen) atoms. The maximum atomic E-state index is 14.0. The largest absolute Gasteiger partial charge is 0.370 e. The maximum absolute atomic E-state index is 14.0. The molecule has 96 valence electrons. The third-order valence-corrected chi connectivity index (χ3v) is 4.01. The molecule has 1 atom stereocenters. The molecule has 1 fully saturated rings. The third kappa shape index (κ3) is 1.67. The van der Waals surface area contributed by atoms with E-state index in [9.17, 15) is 8.78 Å². The summed E-state index contributed by atoms with van der Waals surface area (Å²) in [6.45, 7) is 3.34. The van der Waals surface area contributed by atoms with Crippen molar-refractivity contribution in [2.75, 3.05) is 13.2 Å². The Kier molecular flexibility index (Phi) is 2.70. The summed E-state index contributed by atoms with van der Waals surface area (Å²) in [5.74, 6) is -1.28. The molecule has 3 rings (SSSR count). The van der Waals surface area contributed by atoms with Gasteiger partial charge in [0.15, 0.2) is 0 Å². The van der Waals surface area contributed by atoms with Crippen LogP contribution in [0.2, 0.25) is 5.02 Å². The molecule has 2 nitrogen and oxygen atoms in total. The molecule has 5 heteroatoms. The van der Waals surface area contributed by atoms with E-state index in [0.29, 0.717) is 13.0 Å². The minimum Gasteiger partial charge on any atom is -0.370 e. The first kappa shape index (κ1) is 11.8. The predicted molar refractivity (Wildman–Crippen MR) is 66.1 cm³/mol. The minimum absolute atomic E-state index is 0.0118. The van der Waals surface area contributed by atoms with Crippen molar-refractivity contribution in [2.24, 2.45) is 0 Å². The summed E-state index contributed by atoms with van der Waals surface area (Å²) < 4.78 is 27.8. The Morgan fingerprint density at radius 3 is 2.89 bits per heavy atom. The third-order valence-electron chi connectivity index (χ3n) is 3.72. The number of nitrogens with zero attached hydrogens (tertiary/aromatic N) is 1. The fourth-order valence-electron chi connectivity index (χ4n) is 2.78. The number of rotatable bonds is 1. The molecular weight excluding hydrogens is 258 g/mol. The van der Waals surface area contributed by atoms with Crippen molar-refractivity contribution in [3.05, 3.63) is 45.7 Å². The van der Waals surface area contributed by atoms with E-state index in [1.165, 1.54) is 12.1 Å². The first-order valence-electron chi connectivity index (χ1n) is 5.90. The summed E-state index contributed by atoms with van der Waals surface area (Å²) in [7, 11) is 0. The van der Waals surface area contributed by atoms with Gasteiger partial charge in [0.2, 0.25) is 0 Å². The number of benzene rings is 1. The Hall–Kier alpha value is -1.29. The van der Waals surface area contributed by atoms with E-state index in [-0.39, 0.29) is 16.5 Å². The van der Waals surface area contributed by atoms with E-state index in [1.807, 2.05) is 6.92 Å². The number of hydrogen-bond donors (Lipinski definition) is 1. The number of allylic oxidation sites excluding steroid dienone is 2. The highest BCUT2D eigenvalue weighted by atomic mass is 35.5. The molecule has 0 bridgehead atoms. The summed E-state index contributed by atoms with van der Waals surface area (Å²) in [4.78, 5) is 2.12. The van der Waals surface area contributed by atoms with Crippen LogP contribution in [0, 0.1) is 11.6 Å². The van der Waals surface area contributed by atoms with Crippen LogP contribution in [0.25, 0.3) is 0 Å². The van der Waals surface area contributed by atoms with Crippen LogP contribution >= 0.6 is 11.6 Å². The van der Waals surface area contributed by atoms with Crippen molar-refractivity contribution in [2.45, 2.75) is 19.3 Å². The van der Waals surface area contributed by atoms with Gasteiger partial charge in [-0.3, -0.25) is 0 Å². The van der Waals surface area contributed by atoms with Crippen LogP contribution in [-0.4, -0.2) is 18.1 Å². The van der Waals surface area contributed by atoms with E-state index >= 15 is 0 Å². The second-order valence-electron chi connectivity index (χ2n) is 4.79. The maximum Gasteiger partial charge on any atom is 0.148 e. The van der Waals surface area contributed by atoms with Gasteiger partial charge < -0.3 is 10.2 Å². The molecule has 1 aromatic carbocycles. The van der Waals surface area contributed by atoms with Crippen molar-refractivity contribution < 1.29 is 8.78 Å². The van der Waals surface area contributed by atoms with Crippen molar-refractivity contribution in [3.8, 4) is 0 Å². The molecule has 0 saturated carbocycles. The Morgan fingerprint density at radius 1 is 1.39 bits per heavy atom. The van der Waals surface area contributed by atoms with Gasteiger partial charge >= 0.3 is 0 Å². The lowest BCUT2D eigenvalue weighted by Crippen LogP contribution is -2.23. The first-order chi connectivity index (χ1) is 8.58. The molecule has 0 spiro atoms. The highest BCUT2D eigenvalue weighted by Crippen LogP contribution is 2.40. The van der Waals surface area contributed by atoms with Gasteiger partial charge in [-0.2, -0.15) is 0 Å². The molecule has 1 saturated heterocycles. The van der Waals surface area contributed by atoms with E-state index in [1.54, 1.807) is 0 Å². The van der Waals surface area contributed by atoms with Crippen LogP contribution in [0.1, 0.15) is 24.8 Å². The number of hydrogen-bond acceptors (Lipinski definition) is 2. The van der Waals surface area contributed by atoms with Gasteiger partial charge in [0.25, 0.3) is 0 Å². The summed E-state index contributed by atoms with van der Waals surface area (Å²) in [6, 6.07) is 2.50. The number of fused-ring (bicyclic) bond motifs is 1. The molecule has 1 aromatic rings. The molecule has 2 heterocycles. The van der Waals surface area contributed by atoms with Gasteiger partial charge in [0.05, 0.1) is 11.7 Å². The molecule has 0 aliphatic carbocycles. The minimum atomic E-state index is -0.617. The normalized spacial score (nSPS) is 22.4. The molecule has 2 aliphatic rings. The van der Waals surface area contributed by atoms with E-state index in [2.05, 4.69) is 10.2 Å². The van der Waals surface area contributed by atoms with Crippen LogP contribution in [0.5, 0.6) is 0 Å². The average Bonchev–Trinajstić information content (AvgIpc) is 2.88. The predicted octanol–water partition coefficient (Wildman–Crippen LogP) is 3.20. The average molecular weight is 271 g/mol. The summed E-state index contributed by atoms with van der Waals surface area (Å²) in [5, 5.41) is 3.21. The van der Waals surface area contributed by atoms with Gasteiger partial charge in [-0.05, 0) is 25.5 Å². The monoisotopic (exact) mass is 270 g/mol. The lowest BCUT2D eigenvalue weighted by Gasteiger charge is -2.15. The van der Waals surface area contributed by atoms with Gasteiger partial charge in [-0.25, -0.2) is 8.78 Å². The van der Waals surface area contributed by atoms with Gasteiger partial charge in [-0.1, -0.05) is 11.6 Å². The highest BCUT2D eigenvalue weighted by Gasteiger charge is 2.35. The zero-order valence-corrected chi connectivity index (χ0v) is 10.7. The van der Waals surface area contributed by atoms with Crippen molar-refractivity contribution in [3.63, 3.8) is 0 Å². The van der Waals surface area contributed by atoms with Crippen LogP contribution < -0.4 is 5.32 Å². The topological polar surface area (TPSA) is 15.3 Å². The van der Waals surface area contributed by atoms with Crippen LogP contribution in [-0.2, 0) is 0 Å². The number of halogens is 3. The van der Waals surface area contributed by atoms with Gasteiger partial charge in [0, 0.05) is 29.4 Å². The van der Waals surface area contributed by atoms with E-state index in [0.717, 1.165) is 18.1 Å². The SMILES string of the molecule is CC1=C2C[C@@H](c3c(F)ccc(Cl)c3F)CN2CN1. The highest BCUT2D eigenvalue weighted by molar-refractivity contribution is 6.30. The van der Waals surface area contributed by atoms with Crippen LogP contribution in [0.3, 0.4) is 0 Å². The number of nitrogens with one attached hydrogen (secondary N) is 1. The quantitative estimate of drug-likeness (QED) is 0.789. The lowest BCUT2D eigenvalue weighted by molar-refractivity contribution is 0.393. The first-order valence-corrected chi connectivity index (χ1v) is 6.27. The van der Waals surface area contributed by atoms with Gasteiger partial charge in [0.1, 0.15) is 11.6 Å². The Labute approximate surface area is 109 Å². The Bertz CT molecular complexity index is 542. The molecule has 0 aromatic heterocycles. The smallest absolute Gasteiger partial charge is 0.148 e. The molecule has 2 aliphatic heterocycles. The van der Waals surface area contributed by atoms with Gasteiger partial charge in [-0.15, -0.1) is 0 Å². The van der Waals surface area contributed by atoms with Crippen molar-refractivity contribution >= 4 is 11.6 Å². The van der Waals surface area contributed by atoms with E-state index < -0.39 is 11.6 Å². The van der Waals surface area contributed by atoms with Crippen molar-refractivity contribution in [1.82, 2.24) is 10.2 Å². The zero-order chi connectivity index (χ0) is 12.9. The summed E-state index contributed by atoms with van der Waals surface area (Å²) in [6.07, 6.45) is 0.660. The summed E-state index contributed by atoms with van der Waals surface area (Å²) >= 11 is 5.73. The second-order valence-corrected chi connectivity index (χ2v) is 5.19.